The van der Waals surface area contributed by atoms with Gasteiger partial charge in [0.2, 0.25) is 0 Å². The van der Waals surface area contributed by atoms with Gasteiger partial charge in [-0.2, -0.15) is 0 Å². The summed E-state index contributed by atoms with van der Waals surface area (Å²) in [5.41, 5.74) is 3.83. The Balaban J connectivity index is 2.08. The van der Waals surface area contributed by atoms with Crippen molar-refractivity contribution in [1.29, 1.82) is 0 Å². The minimum atomic E-state index is 0.215. The van der Waals surface area contributed by atoms with E-state index in [1.807, 2.05) is 0 Å². The zero-order valence-corrected chi connectivity index (χ0v) is 17.3. The van der Waals surface area contributed by atoms with E-state index >= 15 is 0 Å². The predicted octanol–water partition coefficient (Wildman–Crippen LogP) is 6.12. The highest BCUT2D eigenvalue weighted by Crippen LogP contribution is 2.42. The van der Waals surface area contributed by atoms with E-state index in [9.17, 15) is 4.79 Å². The average molecular weight is 385 g/mol. The molecule has 26 heavy (non-hydrogen) atoms. The van der Waals surface area contributed by atoms with Crippen molar-refractivity contribution < 1.29 is 4.79 Å². The van der Waals surface area contributed by atoms with E-state index in [1.165, 1.54) is 21.6 Å². The maximum atomic E-state index is 11.3. The van der Waals surface area contributed by atoms with Crippen LogP contribution in [0.25, 0.3) is 21.3 Å². The number of nitrogens with zero attached hydrogens (tertiary/aromatic N) is 2. The van der Waals surface area contributed by atoms with Crippen LogP contribution in [0, 0.1) is 0 Å². The molecule has 0 N–H and O–H groups in total. The Kier molecular flexibility index (Phi) is 6.09. The predicted molar refractivity (Wildman–Crippen MR) is 112 cm³/mol. The molecule has 3 rings (SSSR count). The summed E-state index contributed by atoms with van der Waals surface area (Å²) in [7, 11) is 0. The highest BCUT2D eigenvalue weighted by Gasteiger charge is 2.18. The zero-order valence-electron chi connectivity index (χ0n) is 15.7. The van der Waals surface area contributed by atoms with Gasteiger partial charge in [-0.15, -0.1) is 23.1 Å². The molecule has 0 atom stereocenters. The molecule has 136 valence electrons. The van der Waals surface area contributed by atoms with Gasteiger partial charge in [0.05, 0.1) is 5.39 Å². The Hall–Kier alpha value is -1.72. The fraction of sp³-hybridized carbons (Fsp3) is 0.381. The molecular formula is C21H24N2OS2. The van der Waals surface area contributed by atoms with Crippen LogP contribution in [-0.2, 0) is 11.2 Å². The topological polar surface area (TPSA) is 42.9 Å². The van der Waals surface area contributed by atoms with Gasteiger partial charge in [0.1, 0.15) is 22.0 Å². The summed E-state index contributed by atoms with van der Waals surface area (Å²) in [6.45, 7) is 8.25. The Morgan fingerprint density at radius 3 is 2.54 bits per heavy atom. The van der Waals surface area contributed by atoms with Gasteiger partial charge in [-0.3, -0.25) is 4.79 Å². The molecule has 0 fully saturated rings. The molecule has 0 aliphatic heterocycles. The van der Waals surface area contributed by atoms with Gasteiger partial charge in [-0.1, -0.05) is 45.0 Å². The molecule has 0 radical (unpaired) electrons. The van der Waals surface area contributed by atoms with Gasteiger partial charge < -0.3 is 0 Å². The number of fused-ring (bicyclic) bond motifs is 1. The number of hydrogen-bond donors (Lipinski definition) is 0. The molecule has 2 aromatic heterocycles. The van der Waals surface area contributed by atoms with Crippen molar-refractivity contribution in [2.75, 3.05) is 5.75 Å². The summed E-state index contributed by atoms with van der Waals surface area (Å²) in [6.07, 6.45) is 3.18. The van der Waals surface area contributed by atoms with Crippen LogP contribution in [0.15, 0.2) is 35.6 Å². The lowest BCUT2D eigenvalue weighted by Crippen LogP contribution is -1.94. The average Bonchev–Trinajstić information content (AvgIpc) is 3.01. The van der Waals surface area contributed by atoms with E-state index in [2.05, 4.69) is 55.0 Å². The molecule has 0 bridgehead atoms. The maximum absolute atomic E-state index is 11.3. The molecule has 0 aliphatic carbocycles. The van der Waals surface area contributed by atoms with Gasteiger partial charge in [0.25, 0.3) is 0 Å². The summed E-state index contributed by atoms with van der Waals surface area (Å²) < 4.78 is 0. The molecule has 0 saturated carbocycles. The van der Waals surface area contributed by atoms with Crippen LogP contribution in [0.5, 0.6) is 0 Å². The third-order valence-corrected chi connectivity index (χ3v) is 6.64. The smallest absolute Gasteiger partial charge is 0.130 e. The van der Waals surface area contributed by atoms with Gasteiger partial charge in [-0.05, 0) is 30.4 Å². The van der Waals surface area contributed by atoms with Crippen molar-refractivity contribution in [3.63, 3.8) is 0 Å². The summed E-state index contributed by atoms with van der Waals surface area (Å²) in [6, 6.07) is 8.87. The van der Waals surface area contributed by atoms with Crippen molar-refractivity contribution in [2.45, 2.75) is 51.5 Å². The number of ketones is 1. The van der Waals surface area contributed by atoms with E-state index < -0.39 is 0 Å². The van der Waals surface area contributed by atoms with Crippen LogP contribution in [-0.4, -0.2) is 21.5 Å². The van der Waals surface area contributed by atoms with Gasteiger partial charge in [0, 0.05) is 22.6 Å². The number of thioether (sulfide) groups is 1. The second-order valence-corrected chi connectivity index (χ2v) is 8.86. The third-order valence-electron chi connectivity index (χ3n) is 4.41. The standard InChI is InChI=1S/C21H24N2OS2/c1-5-17-18(16-8-6-15(7-9-16)13(2)3)19-20(25-11-10-14(4)24)22-12-23-21(19)26-17/h6-9,12-13H,5,10-11H2,1-4H3. The van der Waals surface area contributed by atoms with Crippen LogP contribution in [0.1, 0.15) is 50.5 Å². The fourth-order valence-electron chi connectivity index (χ4n) is 2.94. The molecule has 0 saturated heterocycles. The van der Waals surface area contributed by atoms with E-state index in [0.717, 1.165) is 27.4 Å². The number of benzene rings is 1. The van der Waals surface area contributed by atoms with Crippen LogP contribution in [0.3, 0.4) is 0 Å². The first-order valence-corrected chi connectivity index (χ1v) is 10.8. The van der Waals surface area contributed by atoms with Crippen LogP contribution >= 0.6 is 23.1 Å². The number of carbonyl (C=O) groups is 1. The Bertz CT molecular complexity index is 914. The monoisotopic (exact) mass is 384 g/mol. The first-order chi connectivity index (χ1) is 12.5. The number of thiophene rings is 1. The van der Waals surface area contributed by atoms with Gasteiger partial charge in [0.15, 0.2) is 0 Å². The highest BCUT2D eigenvalue weighted by atomic mass is 32.2. The van der Waals surface area contributed by atoms with E-state index in [0.29, 0.717) is 12.3 Å². The molecule has 2 heterocycles. The third kappa shape index (κ3) is 3.99. The second kappa shape index (κ2) is 8.31. The van der Waals surface area contributed by atoms with Crippen LogP contribution < -0.4 is 0 Å². The quantitative estimate of drug-likeness (QED) is 0.364. The molecule has 0 amide bonds. The largest absolute Gasteiger partial charge is 0.300 e. The van der Waals surface area contributed by atoms with Crippen molar-refractivity contribution in [2.24, 2.45) is 0 Å². The van der Waals surface area contributed by atoms with Crippen molar-refractivity contribution >= 4 is 39.1 Å². The number of aromatic nitrogens is 2. The molecular weight excluding hydrogens is 360 g/mol. The number of Topliss-reactive ketones (excluding diaryl/α,β-unsaturated/α-hetero) is 1. The van der Waals surface area contributed by atoms with E-state index in [-0.39, 0.29) is 5.78 Å². The molecule has 0 unspecified atom stereocenters. The fourth-order valence-corrected chi connectivity index (χ4v) is 5.16. The van der Waals surface area contributed by atoms with Gasteiger partial charge in [-0.25, -0.2) is 9.97 Å². The number of rotatable bonds is 7. The number of carbonyl (C=O) groups excluding carboxylic acids is 1. The van der Waals surface area contributed by atoms with Gasteiger partial charge >= 0.3 is 0 Å². The van der Waals surface area contributed by atoms with E-state index in [1.54, 1.807) is 36.3 Å². The molecule has 3 aromatic rings. The lowest BCUT2D eigenvalue weighted by molar-refractivity contribution is -0.116. The summed E-state index contributed by atoms with van der Waals surface area (Å²) in [5, 5.41) is 2.12. The van der Waals surface area contributed by atoms with Crippen molar-refractivity contribution in [1.82, 2.24) is 9.97 Å². The minimum Gasteiger partial charge on any atom is -0.300 e. The van der Waals surface area contributed by atoms with Crippen molar-refractivity contribution in [3.05, 3.63) is 41.0 Å². The molecule has 0 aliphatic rings. The summed E-state index contributed by atoms with van der Waals surface area (Å²) in [4.78, 5) is 22.7. The maximum Gasteiger partial charge on any atom is 0.130 e. The van der Waals surface area contributed by atoms with E-state index in [4.69, 9.17) is 0 Å². The Morgan fingerprint density at radius 2 is 1.92 bits per heavy atom. The number of aryl methyl sites for hydroxylation is 1. The molecule has 0 spiro atoms. The lowest BCUT2D eigenvalue weighted by Gasteiger charge is -2.09. The lowest BCUT2D eigenvalue weighted by atomic mass is 9.97. The highest BCUT2D eigenvalue weighted by molar-refractivity contribution is 7.99. The Morgan fingerprint density at radius 1 is 1.19 bits per heavy atom. The molecule has 3 nitrogen and oxygen atoms in total. The molecule has 5 heteroatoms. The van der Waals surface area contributed by atoms with Crippen LogP contribution in [0.4, 0.5) is 0 Å². The second-order valence-electron chi connectivity index (χ2n) is 6.69. The normalized spacial score (nSPS) is 11.4. The molecule has 1 aromatic carbocycles. The Labute approximate surface area is 163 Å². The van der Waals surface area contributed by atoms with Crippen molar-refractivity contribution in [3.8, 4) is 11.1 Å². The zero-order chi connectivity index (χ0) is 18.7. The number of hydrogen-bond acceptors (Lipinski definition) is 5. The SMILES string of the molecule is CCc1sc2ncnc(SCCC(C)=O)c2c1-c1ccc(C(C)C)cc1. The first kappa shape index (κ1) is 19.1. The first-order valence-electron chi connectivity index (χ1n) is 9.00. The summed E-state index contributed by atoms with van der Waals surface area (Å²) >= 11 is 3.41. The minimum absolute atomic E-state index is 0.215. The van der Waals surface area contributed by atoms with Crippen LogP contribution in [0.2, 0.25) is 0 Å². The summed E-state index contributed by atoms with van der Waals surface area (Å²) in [5.74, 6) is 1.49.